The Labute approximate surface area is 217 Å². The molecular formula is C29H25NO8. The zero-order chi connectivity index (χ0) is 26.8. The van der Waals surface area contributed by atoms with Crippen LogP contribution in [-0.4, -0.2) is 24.1 Å². The van der Waals surface area contributed by atoms with Gasteiger partial charge in [0.25, 0.3) is 5.69 Å². The summed E-state index contributed by atoms with van der Waals surface area (Å²) in [6.07, 6.45) is 2.05. The first-order valence-electron chi connectivity index (χ1n) is 12.3. The van der Waals surface area contributed by atoms with E-state index < -0.39 is 10.9 Å². The van der Waals surface area contributed by atoms with Crippen LogP contribution in [-0.2, 0) is 6.42 Å². The molecule has 0 atom stereocenters. The summed E-state index contributed by atoms with van der Waals surface area (Å²) in [5, 5.41) is 11.5. The van der Waals surface area contributed by atoms with E-state index in [1.807, 2.05) is 6.92 Å². The molecule has 0 radical (unpaired) electrons. The summed E-state index contributed by atoms with van der Waals surface area (Å²) in [4.78, 5) is 37.1. The van der Waals surface area contributed by atoms with Gasteiger partial charge in [-0.1, -0.05) is 25.5 Å². The summed E-state index contributed by atoms with van der Waals surface area (Å²) >= 11 is 0. The Morgan fingerprint density at radius 3 is 2.61 bits per heavy atom. The van der Waals surface area contributed by atoms with Gasteiger partial charge < -0.3 is 18.6 Å². The number of fused-ring (bicyclic) bond motifs is 2. The second-order valence-corrected chi connectivity index (χ2v) is 8.98. The third-order valence-electron chi connectivity index (χ3n) is 6.30. The predicted octanol–water partition coefficient (Wildman–Crippen LogP) is 6.01. The maximum Gasteiger partial charge on any atom is 0.343 e. The van der Waals surface area contributed by atoms with Crippen LogP contribution in [0.2, 0.25) is 0 Å². The standard InChI is InChI=1S/C29H25NO8/c1-3-6-18-14-22-25(16-24(18)38-29(32)20-7-4-8-21(13-20)30(33)34)37-17(2)27(28(22)31)19-9-10-23-26(15-19)36-12-5-11-35-23/h4,7-10,13-16H,3,5-6,11-12H2,1-2H3. The van der Waals surface area contributed by atoms with Gasteiger partial charge >= 0.3 is 5.97 Å². The molecule has 5 rings (SSSR count). The van der Waals surface area contributed by atoms with Gasteiger partial charge in [-0.05, 0) is 48.7 Å². The fraction of sp³-hybridized carbons (Fsp3) is 0.241. The number of nitro groups is 1. The molecule has 0 aliphatic carbocycles. The molecule has 0 fully saturated rings. The van der Waals surface area contributed by atoms with Crippen molar-refractivity contribution in [2.24, 2.45) is 0 Å². The molecule has 0 saturated heterocycles. The third-order valence-corrected chi connectivity index (χ3v) is 6.30. The minimum absolute atomic E-state index is 0.0455. The van der Waals surface area contributed by atoms with Crippen molar-refractivity contribution in [2.45, 2.75) is 33.1 Å². The molecule has 2 heterocycles. The van der Waals surface area contributed by atoms with Gasteiger partial charge in [-0.15, -0.1) is 0 Å². The molecule has 0 N–H and O–H groups in total. The molecule has 0 unspecified atom stereocenters. The Hall–Kier alpha value is -4.66. The van der Waals surface area contributed by atoms with E-state index in [2.05, 4.69) is 0 Å². The number of hydrogen-bond donors (Lipinski definition) is 0. The van der Waals surface area contributed by atoms with Crippen LogP contribution in [0.5, 0.6) is 17.2 Å². The molecule has 1 aliphatic heterocycles. The van der Waals surface area contributed by atoms with E-state index in [0.717, 1.165) is 18.9 Å². The SMILES string of the molecule is CCCc1cc2c(=O)c(-c3ccc4c(c3)OCCCO4)c(C)oc2cc1OC(=O)c1cccc([N+](=O)[O-])c1. The quantitative estimate of drug-likeness (QED) is 0.133. The van der Waals surface area contributed by atoms with Gasteiger partial charge in [-0.25, -0.2) is 4.79 Å². The summed E-state index contributed by atoms with van der Waals surface area (Å²) in [5.41, 5.74) is 1.61. The molecule has 0 saturated carbocycles. The molecule has 9 nitrogen and oxygen atoms in total. The van der Waals surface area contributed by atoms with Crippen molar-refractivity contribution in [1.29, 1.82) is 0 Å². The number of ether oxygens (including phenoxy) is 3. The Balaban J connectivity index is 1.56. The van der Waals surface area contributed by atoms with Crippen molar-refractivity contribution in [3.05, 3.63) is 91.8 Å². The number of nitro benzene ring substituents is 1. The monoisotopic (exact) mass is 515 g/mol. The molecule has 9 heteroatoms. The van der Waals surface area contributed by atoms with Gasteiger partial charge in [-0.3, -0.25) is 14.9 Å². The minimum Gasteiger partial charge on any atom is -0.490 e. The molecule has 0 spiro atoms. The van der Waals surface area contributed by atoms with E-state index in [4.69, 9.17) is 18.6 Å². The first-order chi connectivity index (χ1) is 18.4. The summed E-state index contributed by atoms with van der Waals surface area (Å²) in [6.45, 7) is 4.77. The van der Waals surface area contributed by atoms with Crippen molar-refractivity contribution in [2.75, 3.05) is 13.2 Å². The molecular weight excluding hydrogens is 490 g/mol. The van der Waals surface area contributed by atoms with Crippen LogP contribution in [0.4, 0.5) is 5.69 Å². The summed E-state index contributed by atoms with van der Waals surface area (Å²) < 4.78 is 23.2. The lowest BCUT2D eigenvalue weighted by molar-refractivity contribution is -0.384. The highest BCUT2D eigenvalue weighted by Gasteiger charge is 2.21. The van der Waals surface area contributed by atoms with Crippen LogP contribution in [0.1, 0.15) is 41.4 Å². The fourth-order valence-corrected chi connectivity index (χ4v) is 4.50. The van der Waals surface area contributed by atoms with Crippen molar-refractivity contribution in [1.82, 2.24) is 0 Å². The van der Waals surface area contributed by atoms with E-state index in [1.54, 1.807) is 31.2 Å². The Bertz CT molecular complexity index is 1620. The smallest absolute Gasteiger partial charge is 0.343 e. The topological polar surface area (TPSA) is 118 Å². The van der Waals surface area contributed by atoms with Crippen LogP contribution in [0.25, 0.3) is 22.1 Å². The molecule has 4 aromatic rings. The third kappa shape index (κ3) is 4.82. The largest absolute Gasteiger partial charge is 0.490 e. The highest BCUT2D eigenvalue weighted by Crippen LogP contribution is 2.36. The van der Waals surface area contributed by atoms with Crippen LogP contribution in [0.3, 0.4) is 0 Å². The zero-order valence-electron chi connectivity index (χ0n) is 20.9. The van der Waals surface area contributed by atoms with Gasteiger partial charge in [0.1, 0.15) is 17.1 Å². The number of benzene rings is 3. The Kier molecular flexibility index (Phi) is 6.83. The minimum atomic E-state index is -0.742. The number of carbonyl (C=O) groups is 1. The summed E-state index contributed by atoms with van der Waals surface area (Å²) in [5.74, 6) is 1.11. The molecule has 0 amide bonds. The number of carbonyl (C=O) groups excluding carboxylic acids is 1. The van der Waals surface area contributed by atoms with Crippen LogP contribution in [0, 0.1) is 17.0 Å². The van der Waals surface area contributed by atoms with Gasteiger partial charge in [0.15, 0.2) is 11.5 Å². The Morgan fingerprint density at radius 1 is 1.05 bits per heavy atom. The van der Waals surface area contributed by atoms with Gasteiger partial charge in [0.05, 0.1) is 34.7 Å². The fourth-order valence-electron chi connectivity index (χ4n) is 4.50. The number of rotatable bonds is 6. The number of aryl methyl sites for hydroxylation is 2. The number of esters is 1. The highest BCUT2D eigenvalue weighted by atomic mass is 16.6. The summed E-state index contributed by atoms with van der Waals surface area (Å²) in [6, 6.07) is 13.9. The highest BCUT2D eigenvalue weighted by molar-refractivity contribution is 5.93. The van der Waals surface area contributed by atoms with E-state index in [1.165, 1.54) is 24.3 Å². The average molecular weight is 516 g/mol. The van der Waals surface area contributed by atoms with Gasteiger partial charge in [-0.2, -0.15) is 0 Å². The number of nitrogens with zero attached hydrogens (tertiary/aromatic N) is 1. The molecule has 1 aliphatic rings. The molecule has 38 heavy (non-hydrogen) atoms. The van der Waals surface area contributed by atoms with E-state index >= 15 is 0 Å². The van der Waals surface area contributed by atoms with Crippen molar-refractivity contribution >= 4 is 22.6 Å². The van der Waals surface area contributed by atoms with E-state index in [0.29, 0.717) is 59.0 Å². The van der Waals surface area contributed by atoms with Crippen molar-refractivity contribution in [3.8, 4) is 28.4 Å². The van der Waals surface area contributed by atoms with Crippen LogP contribution < -0.4 is 19.6 Å². The van der Waals surface area contributed by atoms with E-state index in [9.17, 15) is 19.7 Å². The second kappa shape index (κ2) is 10.4. The lowest BCUT2D eigenvalue weighted by atomic mass is 9.99. The predicted molar refractivity (Wildman–Crippen MR) is 140 cm³/mol. The molecule has 194 valence electrons. The number of hydrogen-bond acceptors (Lipinski definition) is 8. The van der Waals surface area contributed by atoms with Crippen LogP contribution in [0.15, 0.2) is 63.8 Å². The molecule has 0 bridgehead atoms. The van der Waals surface area contributed by atoms with Crippen LogP contribution >= 0.6 is 0 Å². The molecule has 3 aromatic carbocycles. The Morgan fingerprint density at radius 2 is 1.84 bits per heavy atom. The van der Waals surface area contributed by atoms with Crippen molar-refractivity contribution in [3.63, 3.8) is 0 Å². The number of non-ortho nitro benzene ring substituents is 1. The van der Waals surface area contributed by atoms with Crippen molar-refractivity contribution < 1.29 is 28.3 Å². The van der Waals surface area contributed by atoms with Gasteiger partial charge in [0.2, 0.25) is 5.43 Å². The average Bonchev–Trinajstić information content (AvgIpc) is 3.15. The van der Waals surface area contributed by atoms with E-state index in [-0.39, 0.29) is 28.0 Å². The summed E-state index contributed by atoms with van der Waals surface area (Å²) in [7, 11) is 0. The normalized spacial score (nSPS) is 12.7. The lowest BCUT2D eigenvalue weighted by Gasteiger charge is -2.14. The first kappa shape index (κ1) is 25.0. The molecule has 1 aromatic heterocycles. The first-order valence-corrected chi connectivity index (χ1v) is 12.3. The second-order valence-electron chi connectivity index (χ2n) is 8.98. The maximum atomic E-state index is 13.7. The zero-order valence-corrected chi connectivity index (χ0v) is 20.9. The van der Waals surface area contributed by atoms with Gasteiger partial charge in [0, 0.05) is 24.6 Å². The maximum absolute atomic E-state index is 13.7. The lowest BCUT2D eigenvalue weighted by Crippen LogP contribution is -2.12.